The lowest BCUT2D eigenvalue weighted by Crippen LogP contribution is -2.30. The molecule has 0 spiro atoms. The molecule has 4 rings (SSSR count). The van der Waals surface area contributed by atoms with E-state index in [1.54, 1.807) is 12.1 Å². The van der Waals surface area contributed by atoms with Crippen LogP contribution in [-0.4, -0.2) is 15.9 Å². The number of non-ortho nitro benzene ring substituents is 1. The van der Waals surface area contributed by atoms with E-state index in [0.29, 0.717) is 23.0 Å². The Bertz CT molecular complexity index is 1190. The number of hydrogen-bond donors (Lipinski definition) is 1. The highest BCUT2D eigenvalue weighted by Gasteiger charge is 2.32. The largest absolute Gasteiger partial charge is 0.486 e. The van der Waals surface area contributed by atoms with Crippen molar-refractivity contribution in [3.8, 4) is 5.75 Å². The quantitative estimate of drug-likeness (QED) is 0.266. The number of ether oxygens (including phenoxy) is 1. The van der Waals surface area contributed by atoms with E-state index in [2.05, 4.69) is 5.32 Å². The van der Waals surface area contributed by atoms with Crippen molar-refractivity contribution in [3.63, 3.8) is 0 Å². The lowest BCUT2D eigenvalue weighted by molar-refractivity contribution is -0.384. The van der Waals surface area contributed by atoms with Gasteiger partial charge in [-0.05, 0) is 60.7 Å². The lowest BCUT2D eigenvalue weighted by Gasteiger charge is -2.13. The second kappa shape index (κ2) is 8.36. The number of benzene rings is 2. The predicted molar refractivity (Wildman–Crippen MR) is 114 cm³/mol. The van der Waals surface area contributed by atoms with Crippen LogP contribution in [0.3, 0.4) is 0 Å². The topological polar surface area (TPSA) is 97.8 Å². The van der Waals surface area contributed by atoms with Crippen LogP contribution in [0.5, 0.6) is 5.75 Å². The summed E-state index contributed by atoms with van der Waals surface area (Å²) in [6.07, 6.45) is 1.51. The first-order chi connectivity index (χ1) is 14.9. The van der Waals surface area contributed by atoms with Gasteiger partial charge in [0.05, 0.1) is 10.6 Å². The van der Waals surface area contributed by atoms with Crippen molar-refractivity contribution in [1.29, 1.82) is 0 Å². The van der Waals surface area contributed by atoms with E-state index in [9.17, 15) is 19.3 Å². The molecule has 1 aromatic heterocycles. The number of carbonyl (C=O) groups excluding carboxylic acids is 1. The van der Waals surface area contributed by atoms with E-state index in [0.717, 1.165) is 0 Å². The van der Waals surface area contributed by atoms with Gasteiger partial charge in [-0.3, -0.25) is 19.8 Å². The first kappa shape index (κ1) is 20.2. The van der Waals surface area contributed by atoms with Crippen LogP contribution in [0.4, 0.5) is 15.8 Å². The molecule has 10 heteroatoms. The molecule has 1 aliphatic rings. The zero-order valence-corrected chi connectivity index (χ0v) is 16.6. The zero-order chi connectivity index (χ0) is 22.0. The molecule has 31 heavy (non-hydrogen) atoms. The second-order valence-electron chi connectivity index (χ2n) is 6.45. The van der Waals surface area contributed by atoms with E-state index in [-0.39, 0.29) is 23.1 Å². The smallest absolute Gasteiger partial charge is 0.281 e. The number of halogens is 1. The minimum Gasteiger partial charge on any atom is -0.486 e. The highest BCUT2D eigenvalue weighted by atomic mass is 32.1. The summed E-state index contributed by atoms with van der Waals surface area (Å²) in [5.41, 5.74) is 0.635. The van der Waals surface area contributed by atoms with Crippen molar-refractivity contribution >= 4 is 40.7 Å². The molecule has 156 valence electrons. The fourth-order valence-corrected chi connectivity index (χ4v) is 3.17. The number of nitro benzene ring substituents is 1. The first-order valence-electron chi connectivity index (χ1n) is 8.99. The third-order valence-electron chi connectivity index (χ3n) is 4.36. The number of rotatable bonds is 6. The SMILES string of the molecule is O=C1/C(=C\c2ccc(COc3ccc([N+](=O)[O-])cc3)o2)NC(=S)N1c1ccc(F)cc1. The molecular weight excluding hydrogens is 425 g/mol. The summed E-state index contributed by atoms with van der Waals surface area (Å²) in [6.45, 7) is 0.0997. The number of nitrogens with one attached hydrogen (secondary N) is 1. The van der Waals surface area contributed by atoms with Gasteiger partial charge >= 0.3 is 0 Å². The second-order valence-corrected chi connectivity index (χ2v) is 6.84. The maximum absolute atomic E-state index is 13.1. The van der Waals surface area contributed by atoms with Gasteiger partial charge in [0.1, 0.15) is 35.4 Å². The number of nitro groups is 1. The van der Waals surface area contributed by atoms with Crippen LogP contribution >= 0.6 is 12.2 Å². The molecule has 3 aromatic rings. The van der Waals surface area contributed by atoms with Gasteiger partial charge in [0.2, 0.25) is 0 Å². The third-order valence-corrected chi connectivity index (χ3v) is 4.65. The van der Waals surface area contributed by atoms with Gasteiger partial charge in [-0.25, -0.2) is 4.39 Å². The summed E-state index contributed by atoms with van der Waals surface area (Å²) in [5, 5.41) is 13.7. The number of anilines is 1. The molecule has 0 bridgehead atoms. The van der Waals surface area contributed by atoms with Crippen LogP contribution in [0.1, 0.15) is 11.5 Å². The van der Waals surface area contributed by atoms with Crippen LogP contribution in [0.2, 0.25) is 0 Å². The van der Waals surface area contributed by atoms with E-state index < -0.39 is 16.6 Å². The maximum Gasteiger partial charge on any atom is 0.281 e. The van der Waals surface area contributed by atoms with E-state index in [4.69, 9.17) is 21.4 Å². The number of amides is 1. The number of carbonyl (C=O) groups is 1. The molecule has 2 aromatic carbocycles. The highest BCUT2D eigenvalue weighted by Crippen LogP contribution is 2.24. The van der Waals surface area contributed by atoms with Gasteiger partial charge in [0.15, 0.2) is 5.11 Å². The molecule has 1 saturated heterocycles. The van der Waals surface area contributed by atoms with Crippen molar-refractivity contribution in [1.82, 2.24) is 5.32 Å². The Balaban J connectivity index is 1.43. The fourth-order valence-electron chi connectivity index (χ4n) is 2.87. The normalized spacial score (nSPS) is 14.7. The molecule has 2 heterocycles. The number of thiocarbonyl (C=S) groups is 1. The molecule has 0 radical (unpaired) electrons. The third kappa shape index (κ3) is 4.43. The van der Waals surface area contributed by atoms with Crippen molar-refractivity contribution in [2.45, 2.75) is 6.61 Å². The summed E-state index contributed by atoms with van der Waals surface area (Å²) >= 11 is 5.22. The molecule has 8 nitrogen and oxygen atoms in total. The Morgan fingerprint density at radius 3 is 2.52 bits per heavy atom. The molecule has 0 unspecified atom stereocenters. The van der Waals surface area contributed by atoms with E-state index >= 15 is 0 Å². The Morgan fingerprint density at radius 1 is 1.13 bits per heavy atom. The van der Waals surface area contributed by atoms with Crippen molar-refractivity contribution in [2.24, 2.45) is 0 Å². The Morgan fingerprint density at radius 2 is 1.84 bits per heavy atom. The summed E-state index contributed by atoms with van der Waals surface area (Å²) in [5.74, 6) is 0.547. The Kier molecular flexibility index (Phi) is 5.46. The van der Waals surface area contributed by atoms with Crippen LogP contribution in [0.15, 0.2) is 70.8 Å². The first-order valence-corrected chi connectivity index (χ1v) is 9.40. The van der Waals surface area contributed by atoms with Gasteiger partial charge in [-0.1, -0.05) is 0 Å². The van der Waals surface area contributed by atoms with E-state index in [1.165, 1.54) is 59.5 Å². The van der Waals surface area contributed by atoms with Gasteiger partial charge in [-0.2, -0.15) is 0 Å². The Hall–Kier alpha value is -4.05. The van der Waals surface area contributed by atoms with E-state index in [1.807, 2.05) is 0 Å². The van der Waals surface area contributed by atoms with Crippen molar-refractivity contribution in [2.75, 3.05) is 4.90 Å². The van der Waals surface area contributed by atoms with Gasteiger partial charge in [0, 0.05) is 18.2 Å². The average molecular weight is 439 g/mol. The standard InChI is InChI=1S/C21H14FN3O5S/c22-13-1-3-14(4-2-13)24-20(26)19(23-21(24)31)11-17-9-10-18(30-17)12-29-16-7-5-15(6-8-16)25(27)28/h1-11H,12H2,(H,23,31)/b19-11+. The average Bonchev–Trinajstić information content (AvgIpc) is 3.31. The van der Waals surface area contributed by atoms with Crippen LogP contribution < -0.4 is 15.0 Å². The summed E-state index contributed by atoms with van der Waals surface area (Å²) in [7, 11) is 0. The molecule has 1 amide bonds. The highest BCUT2D eigenvalue weighted by molar-refractivity contribution is 7.80. The number of hydrogen-bond acceptors (Lipinski definition) is 6. The minimum absolute atomic E-state index is 0.0272. The number of furan rings is 1. The fraction of sp³-hybridized carbons (Fsp3) is 0.0476. The minimum atomic E-state index is -0.489. The Labute approximate surface area is 180 Å². The predicted octanol–water partition coefficient (Wildman–Crippen LogP) is 4.17. The molecule has 0 atom stereocenters. The molecule has 1 fully saturated rings. The summed E-state index contributed by atoms with van der Waals surface area (Å²) < 4.78 is 24.4. The molecular formula is C21H14FN3O5S. The van der Waals surface area contributed by atoms with Crippen LogP contribution in [0, 0.1) is 15.9 Å². The molecule has 1 aliphatic heterocycles. The molecule has 0 aliphatic carbocycles. The van der Waals surface area contributed by atoms with Crippen LogP contribution in [-0.2, 0) is 11.4 Å². The summed E-state index contributed by atoms with van der Waals surface area (Å²) in [4.78, 5) is 24.2. The summed E-state index contributed by atoms with van der Waals surface area (Å²) in [6, 6.07) is 14.5. The number of nitrogens with zero attached hydrogens (tertiary/aromatic N) is 2. The maximum atomic E-state index is 13.1. The van der Waals surface area contributed by atoms with Gasteiger partial charge in [-0.15, -0.1) is 0 Å². The molecule has 1 N–H and O–H groups in total. The van der Waals surface area contributed by atoms with Crippen LogP contribution in [0.25, 0.3) is 6.08 Å². The van der Waals surface area contributed by atoms with Gasteiger partial charge < -0.3 is 14.5 Å². The zero-order valence-electron chi connectivity index (χ0n) is 15.8. The van der Waals surface area contributed by atoms with Gasteiger partial charge in [0.25, 0.3) is 11.6 Å². The monoisotopic (exact) mass is 439 g/mol. The van der Waals surface area contributed by atoms with Crippen molar-refractivity contribution < 1.29 is 23.3 Å². The van der Waals surface area contributed by atoms with Crippen molar-refractivity contribution in [3.05, 3.63) is 93.8 Å². The molecule has 0 saturated carbocycles. The lowest BCUT2D eigenvalue weighted by atomic mass is 10.2.